The van der Waals surface area contributed by atoms with Gasteiger partial charge in [0.15, 0.2) is 0 Å². The lowest BCUT2D eigenvalue weighted by molar-refractivity contribution is 0.0600. The van der Waals surface area contributed by atoms with Gasteiger partial charge in [0, 0.05) is 0 Å². The van der Waals surface area contributed by atoms with Crippen molar-refractivity contribution in [3.05, 3.63) is 52.9 Å². The Hall–Kier alpha value is -1.99. The highest BCUT2D eigenvalue weighted by molar-refractivity contribution is 5.89. The van der Waals surface area contributed by atoms with Crippen molar-refractivity contribution >= 4 is 5.97 Å². The number of aryl methyl sites for hydroxylation is 1. The molecule has 1 rings (SSSR count). The zero-order valence-electron chi connectivity index (χ0n) is 10.2. The number of rotatable bonds is 4. The quantitative estimate of drug-likeness (QED) is 0.639. The molecule has 0 atom stereocenters. The first-order valence-electron chi connectivity index (χ1n) is 5.50. The molecule has 0 bridgehead atoms. The largest absolute Gasteiger partial charge is 0.465 e. The van der Waals surface area contributed by atoms with E-state index in [4.69, 9.17) is 5.73 Å². The van der Waals surface area contributed by atoms with E-state index < -0.39 is 0 Å². The van der Waals surface area contributed by atoms with E-state index in [2.05, 4.69) is 10.5 Å². The van der Waals surface area contributed by atoms with Crippen LogP contribution in [0.1, 0.15) is 29.3 Å². The molecule has 0 saturated heterocycles. The first kappa shape index (κ1) is 13.1. The second-order valence-corrected chi connectivity index (χ2v) is 3.65. The second kappa shape index (κ2) is 6.56. The number of hydrogen-bond acceptors (Lipinski definition) is 3. The van der Waals surface area contributed by atoms with Crippen LogP contribution in [0.4, 0.5) is 0 Å². The van der Waals surface area contributed by atoms with Crippen molar-refractivity contribution in [1.29, 1.82) is 0 Å². The molecule has 0 heterocycles. The summed E-state index contributed by atoms with van der Waals surface area (Å²) < 4.78 is 4.67. The molecule has 0 aliphatic carbocycles. The van der Waals surface area contributed by atoms with Crippen LogP contribution >= 0.6 is 0 Å². The van der Waals surface area contributed by atoms with Crippen molar-refractivity contribution in [3.8, 4) is 0 Å². The van der Waals surface area contributed by atoms with Gasteiger partial charge in [0.2, 0.25) is 0 Å². The van der Waals surface area contributed by atoms with Gasteiger partial charge >= 0.3 is 5.97 Å². The molecule has 0 radical (unpaired) electrons. The fraction of sp³-hybridized carbons (Fsp3) is 0.286. The van der Waals surface area contributed by atoms with Gasteiger partial charge in [0.1, 0.15) is 0 Å². The van der Waals surface area contributed by atoms with Gasteiger partial charge in [0.25, 0.3) is 0 Å². The summed E-state index contributed by atoms with van der Waals surface area (Å²) in [6, 6.07) is 7.38. The molecule has 1 aromatic rings. The maximum absolute atomic E-state index is 11.3. The molecule has 0 saturated carbocycles. The zero-order valence-corrected chi connectivity index (χ0v) is 10.2. The summed E-state index contributed by atoms with van der Waals surface area (Å²) in [6.07, 6.45) is 3.31. The predicted octanol–water partition coefficient (Wildman–Crippen LogP) is 2.42. The average Bonchev–Trinajstić information content (AvgIpc) is 2.36. The van der Waals surface area contributed by atoms with Gasteiger partial charge in [-0.3, -0.25) is 0 Å². The van der Waals surface area contributed by atoms with Crippen molar-refractivity contribution in [1.82, 2.24) is 0 Å². The number of methoxy groups -OCH3 is 1. The minimum atomic E-state index is -0.316. The van der Waals surface area contributed by atoms with Crippen LogP contribution in [0.2, 0.25) is 0 Å². The van der Waals surface area contributed by atoms with Gasteiger partial charge in [-0.05, 0) is 43.5 Å². The highest BCUT2D eigenvalue weighted by Crippen LogP contribution is 2.10. The molecule has 17 heavy (non-hydrogen) atoms. The fourth-order valence-corrected chi connectivity index (χ4v) is 1.51. The smallest absolute Gasteiger partial charge is 0.337 e. The summed E-state index contributed by atoms with van der Waals surface area (Å²) in [6.45, 7) is 1.88. The lowest BCUT2D eigenvalue weighted by Crippen LogP contribution is -2.02. The Bertz CT molecular complexity index is 457. The lowest BCUT2D eigenvalue weighted by atomic mass is 10.1. The lowest BCUT2D eigenvalue weighted by Gasteiger charge is -2.03. The van der Waals surface area contributed by atoms with Crippen LogP contribution in [0.3, 0.4) is 0 Å². The molecular weight excluding hydrogens is 214 g/mol. The number of carbonyl (C=O) groups excluding carboxylic acids is 1. The third kappa shape index (κ3) is 4.17. The van der Waals surface area contributed by atoms with Gasteiger partial charge in [-0.25, -0.2) is 4.79 Å². The van der Waals surface area contributed by atoms with E-state index in [-0.39, 0.29) is 5.97 Å². The molecule has 2 N–H and O–H groups in total. The van der Waals surface area contributed by atoms with Crippen molar-refractivity contribution in [2.75, 3.05) is 7.11 Å². The van der Waals surface area contributed by atoms with Gasteiger partial charge in [-0.2, -0.15) is 0 Å². The number of carbonyl (C=O) groups is 1. The molecule has 0 spiro atoms. The summed E-state index contributed by atoms with van der Waals surface area (Å²) in [7, 11) is 1.38. The van der Waals surface area contributed by atoms with Gasteiger partial charge in [-0.1, -0.05) is 12.1 Å². The van der Waals surface area contributed by atoms with Gasteiger partial charge in [-0.15, -0.1) is 5.73 Å². The first-order chi connectivity index (χ1) is 8.17. The fourth-order valence-electron chi connectivity index (χ4n) is 1.51. The standard InChI is InChI=1S/C14H17NO2/c1-3-5-13(15)9-8-11-6-4-7-12(10-11)14(16)17-2/h3-4,6-7,10H,8-9,15H2,1-2H3. The molecule has 0 aliphatic heterocycles. The van der Waals surface area contributed by atoms with Crippen LogP contribution in [0.15, 0.2) is 41.8 Å². The van der Waals surface area contributed by atoms with E-state index in [1.54, 1.807) is 12.1 Å². The minimum absolute atomic E-state index is 0.316. The summed E-state index contributed by atoms with van der Waals surface area (Å²) in [4.78, 5) is 11.3. The molecule has 90 valence electrons. The van der Waals surface area contributed by atoms with Crippen molar-refractivity contribution in [3.63, 3.8) is 0 Å². The Labute approximate surface area is 102 Å². The molecule has 0 unspecified atom stereocenters. The SMILES string of the molecule is CC=C=C(N)CCc1cccc(C(=O)OC)c1. The average molecular weight is 231 g/mol. The summed E-state index contributed by atoms with van der Waals surface area (Å²) in [5, 5.41) is 0. The first-order valence-corrected chi connectivity index (χ1v) is 5.50. The molecule has 0 aliphatic rings. The van der Waals surface area contributed by atoms with Crippen LogP contribution < -0.4 is 5.73 Å². The molecule has 0 aromatic heterocycles. The third-order valence-corrected chi connectivity index (χ3v) is 2.36. The monoisotopic (exact) mass is 231 g/mol. The van der Waals surface area contributed by atoms with Crippen molar-refractivity contribution in [2.45, 2.75) is 19.8 Å². The number of allylic oxidation sites excluding steroid dienone is 1. The number of hydrogen-bond donors (Lipinski definition) is 1. The molecule has 0 fully saturated rings. The van der Waals surface area contributed by atoms with E-state index in [1.807, 2.05) is 25.1 Å². The Kier molecular flexibility index (Phi) is 5.05. The maximum atomic E-state index is 11.3. The van der Waals surface area contributed by atoms with Crippen LogP contribution in [0.5, 0.6) is 0 Å². The molecule has 3 heteroatoms. The molecule has 0 amide bonds. The molecule has 1 aromatic carbocycles. The summed E-state index contributed by atoms with van der Waals surface area (Å²) in [5.41, 5.74) is 11.0. The predicted molar refractivity (Wildman–Crippen MR) is 67.6 cm³/mol. The highest BCUT2D eigenvalue weighted by atomic mass is 16.5. The normalized spacial score (nSPS) is 9.29. The van der Waals surface area contributed by atoms with Crippen LogP contribution in [-0.2, 0) is 11.2 Å². The Morgan fingerprint density at radius 2 is 2.29 bits per heavy atom. The maximum Gasteiger partial charge on any atom is 0.337 e. The highest BCUT2D eigenvalue weighted by Gasteiger charge is 2.05. The van der Waals surface area contributed by atoms with Crippen molar-refractivity contribution in [2.24, 2.45) is 5.73 Å². The van der Waals surface area contributed by atoms with Crippen LogP contribution in [0.25, 0.3) is 0 Å². The topological polar surface area (TPSA) is 52.3 Å². The van der Waals surface area contributed by atoms with Gasteiger partial charge in [0.05, 0.1) is 18.4 Å². The summed E-state index contributed by atoms with van der Waals surface area (Å²) >= 11 is 0. The van der Waals surface area contributed by atoms with Gasteiger partial charge < -0.3 is 10.5 Å². The third-order valence-electron chi connectivity index (χ3n) is 2.36. The van der Waals surface area contributed by atoms with E-state index in [0.29, 0.717) is 5.56 Å². The summed E-state index contributed by atoms with van der Waals surface area (Å²) in [5.74, 6) is -0.316. The van der Waals surface area contributed by atoms with E-state index in [0.717, 1.165) is 24.1 Å². The Morgan fingerprint density at radius 1 is 1.53 bits per heavy atom. The van der Waals surface area contributed by atoms with Crippen LogP contribution in [-0.4, -0.2) is 13.1 Å². The molecular formula is C14H17NO2. The number of nitrogens with two attached hydrogens (primary N) is 1. The molecule has 3 nitrogen and oxygen atoms in total. The van der Waals surface area contributed by atoms with Crippen molar-refractivity contribution < 1.29 is 9.53 Å². The van der Waals surface area contributed by atoms with E-state index in [1.165, 1.54) is 7.11 Å². The number of benzene rings is 1. The second-order valence-electron chi connectivity index (χ2n) is 3.65. The van der Waals surface area contributed by atoms with E-state index >= 15 is 0 Å². The number of ether oxygens (including phenoxy) is 1. The van der Waals surface area contributed by atoms with E-state index in [9.17, 15) is 4.79 Å². The Morgan fingerprint density at radius 3 is 2.94 bits per heavy atom. The zero-order chi connectivity index (χ0) is 12.7. The Balaban J connectivity index is 2.73. The number of esters is 1. The van der Waals surface area contributed by atoms with Crippen LogP contribution in [0, 0.1) is 0 Å². The minimum Gasteiger partial charge on any atom is -0.465 e.